The van der Waals surface area contributed by atoms with Crippen molar-refractivity contribution in [2.45, 2.75) is 46.7 Å². The number of hydrogen-bond acceptors (Lipinski definition) is 4. The van der Waals surface area contributed by atoms with Crippen LogP contribution in [0.4, 0.5) is 0 Å². The first-order chi connectivity index (χ1) is 14.8. The van der Waals surface area contributed by atoms with Crippen LogP contribution < -0.4 is 10.6 Å². The molecule has 3 rings (SSSR count). The number of nitrogens with zero attached hydrogens (tertiary/aromatic N) is 3. The summed E-state index contributed by atoms with van der Waals surface area (Å²) in [5.41, 5.74) is 2.87. The lowest BCUT2D eigenvalue weighted by atomic mass is 10.1. The number of aryl methyl sites for hydroxylation is 2. The van der Waals surface area contributed by atoms with Crippen molar-refractivity contribution >= 4 is 17.7 Å². The number of aromatic nitrogens is 2. The van der Waals surface area contributed by atoms with Gasteiger partial charge in [0.1, 0.15) is 5.69 Å². The number of rotatable bonds is 8. The first-order valence-corrected chi connectivity index (χ1v) is 10.8. The van der Waals surface area contributed by atoms with Crippen LogP contribution in [0.25, 0.3) is 0 Å². The summed E-state index contributed by atoms with van der Waals surface area (Å²) in [5.74, 6) is -0.230. The lowest BCUT2D eigenvalue weighted by molar-refractivity contribution is -0.121. The molecular formula is C23H31N5O3. The number of benzene rings is 1. The molecule has 0 aliphatic carbocycles. The molecule has 1 aromatic heterocycles. The van der Waals surface area contributed by atoms with Crippen LogP contribution in [0.5, 0.6) is 0 Å². The molecule has 1 aliphatic rings. The Balaban J connectivity index is 1.59. The number of amides is 3. The highest BCUT2D eigenvalue weighted by atomic mass is 16.2. The molecule has 1 aliphatic heterocycles. The predicted octanol–water partition coefficient (Wildman–Crippen LogP) is 2.13. The second-order valence-electron chi connectivity index (χ2n) is 8.41. The van der Waals surface area contributed by atoms with Crippen molar-refractivity contribution in [3.63, 3.8) is 0 Å². The van der Waals surface area contributed by atoms with E-state index in [-0.39, 0.29) is 36.4 Å². The normalized spacial score (nSPS) is 13.7. The quantitative estimate of drug-likeness (QED) is 0.677. The molecule has 0 radical (unpaired) electrons. The molecule has 8 heteroatoms. The zero-order chi connectivity index (χ0) is 22.4. The van der Waals surface area contributed by atoms with Gasteiger partial charge in [-0.1, -0.05) is 43.7 Å². The summed E-state index contributed by atoms with van der Waals surface area (Å²) in [7, 11) is 0. The molecule has 0 saturated carbocycles. The summed E-state index contributed by atoms with van der Waals surface area (Å²) >= 11 is 0. The van der Waals surface area contributed by atoms with Gasteiger partial charge in [-0.05, 0) is 24.8 Å². The van der Waals surface area contributed by atoms with Gasteiger partial charge in [-0.25, -0.2) is 0 Å². The number of nitrogens with one attached hydrogen (secondary N) is 2. The number of hydrogen-bond donors (Lipinski definition) is 2. The van der Waals surface area contributed by atoms with E-state index in [1.54, 1.807) is 15.6 Å². The zero-order valence-corrected chi connectivity index (χ0v) is 18.5. The highest BCUT2D eigenvalue weighted by Crippen LogP contribution is 2.17. The summed E-state index contributed by atoms with van der Waals surface area (Å²) in [6.45, 7) is 8.66. The molecule has 0 unspecified atom stereocenters. The molecule has 0 fully saturated rings. The van der Waals surface area contributed by atoms with E-state index in [1.807, 2.05) is 45.0 Å². The van der Waals surface area contributed by atoms with E-state index in [0.29, 0.717) is 37.8 Å². The molecule has 2 heterocycles. The second-order valence-corrected chi connectivity index (χ2v) is 8.41. The van der Waals surface area contributed by atoms with E-state index >= 15 is 0 Å². The highest BCUT2D eigenvalue weighted by molar-refractivity contribution is 5.98. The highest BCUT2D eigenvalue weighted by Gasteiger charge is 2.26. The standard InChI is InChI=1S/C23H31N5O3/c1-16(2)14-25-21(29)9-10-24-22(30)19-13-20-23(31)27(11-4-12-28(20)26-19)15-18-7-5-17(3)6-8-18/h5-8,13,16H,4,9-12,14-15H2,1-3H3,(H,24,30)(H,25,29). The van der Waals surface area contributed by atoms with Crippen LogP contribution in [-0.4, -0.2) is 52.0 Å². The van der Waals surface area contributed by atoms with Crippen LogP contribution in [0.15, 0.2) is 30.3 Å². The van der Waals surface area contributed by atoms with Crippen LogP contribution in [0, 0.1) is 12.8 Å². The summed E-state index contributed by atoms with van der Waals surface area (Å²) in [4.78, 5) is 39.1. The van der Waals surface area contributed by atoms with Crippen LogP contribution in [-0.2, 0) is 17.9 Å². The van der Waals surface area contributed by atoms with E-state index in [1.165, 1.54) is 5.56 Å². The lowest BCUT2D eigenvalue weighted by Gasteiger charge is -2.20. The smallest absolute Gasteiger partial charge is 0.272 e. The molecule has 166 valence electrons. The number of carbonyl (C=O) groups excluding carboxylic acids is 3. The average molecular weight is 426 g/mol. The SMILES string of the molecule is Cc1ccc(CN2CCCn3nc(C(=O)NCCC(=O)NCC(C)C)cc3C2=O)cc1. The first-order valence-electron chi connectivity index (χ1n) is 10.8. The predicted molar refractivity (Wildman–Crippen MR) is 118 cm³/mol. The third-order valence-corrected chi connectivity index (χ3v) is 5.16. The Morgan fingerprint density at radius 1 is 1.13 bits per heavy atom. The molecule has 2 aromatic rings. The van der Waals surface area contributed by atoms with Crippen LogP contribution in [0.3, 0.4) is 0 Å². The minimum Gasteiger partial charge on any atom is -0.356 e. The molecule has 0 spiro atoms. The van der Waals surface area contributed by atoms with E-state index in [2.05, 4.69) is 15.7 Å². The van der Waals surface area contributed by atoms with Crippen molar-refractivity contribution in [2.75, 3.05) is 19.6 Å². The summed E-state index contributed by atoms with van der Waals surface area (Å²) in [6.07, 6.45) is 0.971. The molecule has 0 bridgehead atoms. The van der Waals surface area contributed by atoms with Crippen molar-refractivity contribution < 1.29 is 14.4 Å². The number of fused-ring (bicyclic) bond motifs is 1. The zero-order valence-electron chi connectivity index (χ0n) is 18.5. The molecule has 31 heavy (non-hydrogen) atoms. The van der Waals surface area contributed by atoms with Crippen LogP contribution in [0.1, 0.15) is 58.8 Å². The van der Waals surface area contributed by atoms with Crippen molar-refractivity contribution in [1.82, 2.24) is 25.3 Å². The van der Waals surface area contributed by atoms with E-state index < -0.39 is 0 Å². The third-order valence-electron chi connectivity index (χ3n) is 5.16. The van der Waals surface area contributed by atoms with Crippen molar-refractivity contribution in [3.8, 4) is 0 Å². The van der Waals surface area contributed by atoms with Gasteiger partial charge in [-0.3, -0.25) is 19.1 Å². The topological polar surface area (TPSA) is 96.3 Å². The van der Waals surface area contributed by atoms with Crippen molar-refractivity contribution in [3.05, 3.63) is 52.8 Å². The Labute approximate surface area is 183 Å². The molecule has 0 saturated heterocycles. The van der Waals surface area contributed by atoms with Gasteiger partial charge < -0.3 is 15.5 Å². The molecule has 8 nitrogen and oxygen atoms in total. The fourth-order valence-corrected chi connectivity index (χ4v) is 3.40. The Hall–Kier alpha value is -3.16. The maximum atomic E-state index is 13.1. The maximum Gasteiger partial charge on any atom is 0.272 e. The fourth-order valence-electron chi connectivity index (χ4n) is 3.40. The van der Waals surface area contributed by atoms with E-state index in [4.69, 9.17) is 0 Å². The number of carbonyl (C=O) groups is 3. The van der Waals surface area contributed by atoms with Gasteiger partial charge >= 0.3 is 0 Å². The van der Waals surface area contributed by atoms with Gasteiger partial charge in [0.05, 0.1) is 0 Å². The molecular weight excluding hydrogens is 394 g/mol. The van der Waals surface area contributed by atoms with E-state index in [9.17, 15) is 14.4 Å². The Kier molecular flexibility index (Phi) is 7.44. The summed E-state index contributed by atoms with van der Waals surface area (Å²) in [6, 6.07) is 9.67. The van der Waals surface area contributed by atoms with Gasteiger partial charge in [0.25, 0.3) is 11.8 Å². The second kappa shape index (κ2) is 10.2. The minimum atomic E-state index is -0.380. The van der Waals surface area contributed by atoms with E-state index in [0.717, 1.165) is 12.0 Å². The average Bonchev–Trinajstić information content (AvgIpc) is 3.11. The van der Waals surface area contributed by atoms with Crippen LogP contribution in [0.2, 0.25) is 0 Å². The molecule has 2 N–H and O–H groups in total. The fraction of sp³-hybridized carbons (Fsp3) is 0.478. The van der Waals surface area contributed by atoms with Crippen molar-refractivity contribution in [1.29, 1.82) is 0 Å². The summed E-state index contributed by atoms with van der Waals surface area (Å²) in [5, 5.41) is 9.86. The van der Waals surface area contributed by atoms with Gasteiger partial charge in [-0.15, -0.1) is 0 Å². The Morgan fingerprint density at radius 2 is 1.87 bits per heavy atom. The minimum absolute atomic E-state index is 0.100. The molecule has 0 atom stereocenters. The monoisotopic (exact) mass is 425 g/mol. The van der Waals surface area contributed by atoms with Gasteiger partial charge in [-0.2, -0.15) is 5.10 Å². The van der Waals surface area contributed by atoms with Crippen LogP contribution >= 0.6 is 0 Å². The summed E-state index contributed by atoms with van der Waals surface area (Å²) < 4.78 is 1.61. The first kappa shape index (κ1) is 22.5. The Morgan fingerprint density at radius 3 is 2.58 bits per heavy atom. The largest absolute Gasteiger partial charge is 0.356 e. The molecule has 1 aromatic carbocycles. The van der Waals surface area contributed by atoms with Crippen molar-refractivity contribution in [2.24, 2.45) is 5.92 Å². The van der Waals surface area contributed by atoms with Gasteiger partial charge in [0.15, 0.2) is 5.69 Å². The van der Waals surface area contributed by atoms with Gasteiger partial charge in [0.2, 0.25) is 5.91 Å². The Bertz CT molecular complexity index is 933. The third kappa shape index (κ3) is 6.16. The lowest BCUT2D eigenvalue weighted by Crippen LogP contribution is -2.32. The maximum absolute atomic E-state index is 13.1. The van der Waals surface area contributed by atoms with Gasteiger partial charge in [0, 0.05) is 45.2 Å². The molecule has 3 amide bonds.